The Hall–Kier alpha value is -1.13. The maximum atomic E-state index is 5.32. The fraction of sp³-hybridized carbons (Fsp3) is 0.667. The lowest BCUT2D eigenvalue weighted by Crippen LogP contribution is -2.64. The first-order valence-electron chi connectivity index (χ1n) is 7.08. The third kappa shape index (κ3) is 2.47. The van der Waals surface area contributed by atoms with Crippen molar-refractivity contribution in [3.63, 3.8) is 0 Å². The highest BCUT2D eigenvalue weighted by molar-refractivity contribution is 5.48. The standard InChI is InChI=1S/C15H23N3O/c1-12-4-5-13(8-16-12)18-7-6-17(11-15(18,2)3)14-9-19-10-14/h4-5,8,14H,6-7,9-11H2,1-3H3. The van der Waals surface area contributed by atoms with Crippen molar-refractivity contribution in [2.75, 3.05) is 37.7 Å². The van der Waals surface area contributed by atoms with E-state index in [-0.39, 0.29) is 5.54 Å². The zero-order chi connectivity index (χ0) is 13.5. The fourth-order valence-corrected chi connectivity index (χ4v) is 3.04. The van der Waals surface area contributed by atoms with E-state index in [1.165, 1.54) is 5.69 Å². The second kappa shape index (κ2) is 4.76. The van der Waals surface area contributed by atoms with Crippen LogP contribution in [0.25, 0.3) is 0 Å². The average molecular weight is 261 g/mol. The minimum atomic E-state index is 0.144. The van der Waals surface area contributed by atoms with Gasteiger partial charge >= 0.3 is 0 Å². The summed E-state index contributed by atoms with van der Waals surface area (Å²) in [5.41, 5.74) is 2.46. The van der Waals surface area contributed by atoms with E-state index < -0.39 is 0 Å². The summed E-state index contributed by atoms with van der Waals surface area (Å²) < 4.78 is 5.32. The van der Waals surface area contributed by atoms with Gasteiger partial charge in [-0.15, -0.1) is 0 Å². The number of pyridine rings is 1. The van der Waals surface area contributed by atoms with E-state index in [0.29, 0.717) is 6.04 Å². The van der Waals surface area contributed by atoms with Gasteiger partial charge in [0.1, 0.15) is 0 Å². The van der Waals surface area contributed by atoms with Crippen molar-refractivity contribution in [3.8, 4) is 0 Å². The lowest BCUT2D eigenvalue weighted by molar-refractivity contribution is -0.0741. The third-order valence-electron chi connectivity index (χ3n) is 4.28. The fourth-order valence-electron chi connectivity index (χ4n) is 3.04. The summed E-state index contributed by atoms with van der Waals surface area (Å²) in [5.74, 6) is 0. The minimum absolute atomic E-state index is 0.144. The second-order valence-corrected chi connectivity index (χ2v) is 6.28. The van der Waals surface area contributed by atoms with Crippen LogP contribution in [0.15, 0.2) is 18.3 Å². The molecule has 2 aliphatic rings. The first-order chi connectivity index (χ1) is 9.06. The van der Waals surface area contributed by atoms with Gasteiger partial charge in [0, 0.05) is 30.9 Å². The highest BCUT2D eigenvalue weighted by Crippen LogP contribution is 2.29. The molecule has 0 radical (unpaired) electrons. The van der Waals surface area contributed by atoms with Gasteiger partial charge in [0.25, 0.3) is 0 Å². The van der Waals surface area contributed by atoms with Gasteiger partial charge in [0.05, 0.1) is 31.1 Å². The Balaban J connectivity index is 1.74. The van der Waals surface area contributed by atoms with E-state index in [0.717, 1.165) is 38.5 Å². The molecule has 4 nitrogen and oxygen atoms in total. The van der Waals surface area contributed by atoms with Crippen LogP contribution in [0.5, 0.6) is 0 Å². The first kappa shape index (κ1) is 12.9. The number of ether oxygens (including phenoxy) is 1. The van der Waals surface area contributed by atoms with Gasteiger partial charge in [-0.25, -0.2) is 0 Å². The van der Waals surface area contributed by atoms with Crippen molar-refractivity contribution in [2.45, 2.75) is 32.4 Å². The van der Waals surface area contributed by atoms with Gasteiger partial charge in [0.2, 0.25) is 0 Å². The smallest absolute Gasteiger partial charge is 0.0645 e. The number of piperazine rings is 1. The van der Waals surface area contributed by atoms with E-state index in [2.05, 4.69) is 40.8 Å². The quantitative estimate of drug-likeness (QED) is 0.810. The molecule has 3 rings (SSSR count). The van der Waals surface area contributed by atoms with Gasteiger partial charge in [0.15, 0.2) is 0 Å². The third-order valence-corrected chi connectivity index (χ3v) is 4.28. The largest absolute Gasteiger partial charge is 0.378 e. The van der Waals surface area contributed by atoms with Gasteiger partial charge in [-0.1, -0.05) is 0 Å². The number of nitrogens with zero attached hydrogens (tertiary/aromatic N) is 3. The molecule has 0 unspecified atom stereocenters. The molecule has 0 aliphatic carbocycles. The van der Waals surface area contributed by atoms with E-state index in [1.54, 1.807) is 0 Å². The molecule has 4 heteroatoms. The SMILES string of the molecule is Cc1ccc(N2CCN(C3COC3)CC2(C)C)cn1. The highest BCUT2D eigenvalue weighted by atomic mass is 16.5. The van der Waals surface area contributed by atoms with Crippen molar-refractivity contribution >= 4 is 5.69 Å². The normalized spacial score (nSPS) is 24.3. The van der Waals surface area contributed by atoms with Crippen LogP contribution in [0.2, 0.25) is 0 Å². The van der Waals surface area contributed by atoms with Crippen molar-refractivity contribution < 1.29 is 4.74 Å². The summed E-state index contributed by atoms with van der Waals surface area (Å²) in [5, 5.41) is 0. The molecule has 0 atom stereocenters. The van der Waals surface area contributed by atoms with Crippen LogP contribution in [-0.4, -0.2) is 54.3 Å². The molecule has 3 heterocycles. The van der Waals surface area contributed by atoms with E-state index in [9.17, 15) is 0 Å². The number of aromatic nitrogens is 1. The van der Waals surface area contributed by atoms with E-state index in [1.807, 2.05) is 13.1 Å². The maximum Gasteiger partial charge on any atom is 0.0645 e. The predicted octanol–water partition coefficient (Wildman–Crippen LogP) is 1.69. The van der Waals surface area contributed by atoms with Crippen LogP contribution < -0.4 is 4.90 Å². The Kier molecular flexibility index (Phi) is 3.23. The summed E-state index contributed by atoms with van der Waals surface area (Å²) in [6.07, 6.45) is 2.00. The molecular formula is C15H23N3O. The Morgan fingerprint density at radius 3 is 2.58 bits per heavy atom. The summed E-state index contributed by atoms with van der Waals surface area (Å²) in [6.45, 7) is 11.7. The molecule has 0 saturated carbocycles. The van der Waals surface area contributed by atoms with Gasteiger partial charge in [-0.3, -0.25) is 9.88 Å². The molecular weight excluding hydrogens is 238 g/mol. The lowest BCUT2D eigenvalue weighted by atomic mass is 9.96. The van der Waals surface area contributed by atoms with Gasteiger partial charge in [-0.2, -0.15) is 0 Å². The van der Waals surface area contributed by atoms with Crippen LogP contribution >= 0.6 is 0 Å². The Morgan fingerprint density at radius 2 is 2.05 bits per heavy atom. The molecule has 19 heavy (non-hydrogen) atoms. The molecule has 1 aromatic rings. The number of hydrogen-bond donors (Lipinski definition) is 0. The number of rotatable bonds is 2. The predicted molar refractivity (Wildman–Crippen MR) is 76.6 cm³/mol. The molecule has 0 N–H and O–H groups in total. The molecule has 0 amide bonds. The van der Waals surface area contributed by atoms with Crippen molar-refractivity contribution in [3.05, 3.63) is 24.0 Å². The van der Waals surface area contributed by atoms with E-state index >= 15 is 0 Å². The van der Waals surface area contributed by atoms with Crippen LogP contribution in [-0.2, 0) is 4.74 Å². The molecule has 0 spiro atoms. The molecule has 2 fully saturated rings. The van der Waals surface area contributed by atoms with Crippen LogP contribution in [0, 0.1) is 6.92 Å². The Morgan fingerprint density at radius 1 is 1.26 bits per heavy atom. The van der Waals surface area contributed by atoms with Gasteiger partial charge < -0.3 is 9.64 Å². The van der Waals surface area contributed by atoms with Crippen LogP contribution in [0.1, 0.15) is 19.5 Å². The van der Waals surface area contributed by atoms with Crippen LogP contribution in [0.4, 0.5) is 5.69 Å². The second-order valence-electron chi connectivity index (χ2n) is 6.28. The zero-order valence-corrected chi connectivity index (χ0v) is 12.1. The molecule has 2 aliphatic heterocycles. The maximum absolute atomic E-state index is 5.32. The molecule has 0 bridgehead atoms. The molecule has 0 aromatic carbocycles. The zero-order valence-electron chi connectivity index (χ0n) is 12.1. The Bertz CT molecular complexity index is 439. The summed E-state index contributed by atoms with van der Waals surface area (Å²) in [4.78, 5) is 9.48. The molecule has 1 aromatic heterocycles. The summed E-state index contributed by atoms with van der Waals surface area (Å²) in [7, 11) is 0. The Labute approximate surface area is 115 Å². The summed E-state index contributed by atoms with van der Waals surface area (Å²) >= 11 is 0. The first-order valence-corrected chi connectivity index (χ1v) is 7.08. The van der Waals surface area contributed by atoms with Crippen molar-refractivity contribution in [1.29, 1.82) is 0 Å². The number of anilines is 1. The molecule has 104 valence electrons. The average Bonchev–Trinajstić information content (AvgIpc) is 2.27. The molecule has 2 saturated heterocycles. The van der Waals surface area contributed by atoms with Gasteiger partial charge in [-0.05, 0) is 32.9 Å². The minimum Gasteiger partial charge on any atom is -0.378 e. The van der Waals surface area contributed by atoms with E-state index in [4.69, 9.17) is 4.74 Å². The van der Waals surface area contributed by atoms with Crippen LogP contribution in [0.3, 0.4) is 0 Å². The monoisotopic (exact) mass is 261 g/mol. The van der Waals surface area contributed by atoms with Crippen molar-refractivity contribution in [1.82, 2.24) is 9.88 Å². The number of hydrogen-bond acceptors (Lipinski definition) is 4. The topological polar surface area (TPSA) is 28.6 Å². The van der Waals surface area contributed by atoms with Crippen molar-refractivity contribution in [2.24, 2.45) is 0 Å². The number of aryl methyl sites for hydroxylation is 1. The highest BCUT2D eigenvalue weighted by Gasteiger charge is 2.38. The summed E-state index contributed by atoms with van der Waals surface area (Å²) in [6, 6.07) is 4.92. The lowest BCUT2D eigenvalue weighted by Gasteiger charge is -2.51.